The van der Waals surface area contributed by atoms with Crippen molar-refractivity contribution in [1.29, 1.82) is 0 Å². The van der Waals surface area contributed by atoms with Gasteiger partial charge in [0.15, 0.2) is 0 Å². The lowest BCUT2D eigenvalue weighted by Gasteiger charge is -2.15. The summed E-state index contributed by atoms with van der Waals surface area (Å²) in [6.45, 7) is 4.18. The molecule has 4 nitrogen and oxygen atoms in total. The summed E-state index contributed by atoms with van der Waals surface area (Å²) in [5.74, 6) is -0.0399. The second-order valence-corrected chi connectivity index (χ2v) is 5.73. The van der Waals surface area contributed by atoms with Gasteiger partial charge in [0.25, 0.3) is 5.91 Å². The largest absolute Gasteiger partial charge is 0.326 e. The Morgan fingerprint density at radius 2 is 1.81 bits per heavy atom. The van der Waals surface area contributed by atoms with E-state index in [1.54, 1.807) is 0 Å². The number of carbonyl (C=O) groups is 2. The van der Waals surface area contributed by atoms with Crippen LogP contribution in [0.2, 0.25) is 0 Å². The molecule has 1 saturated heterocycles. The highest BCUT2D eigenvalue weighted by Gasteiger charge is 2.39. The number of hydrogen-bond acceptors (Lipinski definition) is 2. The number of rotatable bonds is 3. The average Bonchev–Trinajstić information content (AvgIpc) is 2.76. The van der Waals surface area contributed by atoms with E-state index in [-0.39, 0.29) is 17.9 Å². The number of amides is 3. The van der Waals surface area contributed by atoms with Crippen molar-refractivity contribution in [1.82, 2.24) is 10.2 Å². The Kier molecular flexibility index (Phi) is 3.37. The lowest BCUT2D eigenvalue weighted by atomic mass is 10.0. The zero-order valence-corrected chi connectivity index (χ0v) is 12.2. The monoisotopic (exact) mass is 282 g/mol. The van der Waals surface area contributed by atoms with Crippen molar-refractivity contribution >= 4 is 22.7 Å². The first-order valence-electron chi connectivity index (χ1n) is 7.16. The van der Waals surface area contributed by atoms with E-state index >= 15 is 0 Å². The molecule has 2 aromatic carbocycles. The van der Waals surface area contributed by atoms with Crippen LogP contribution in [-0.4, -0.2) is 22.9 Å². The van der Waals surface area contributed by atoms with E-state index in [1.807, 2.05) is 56.3 Å². The maximum absolute atomic E-state index is 12.3. The van der Waals surface area contributed by atoms with Gasteiger partial charge in [-0.3, -0.25) is 9.69 Å². The highest BCUT2D eigenvalue weighted by Crippen LogP contribution is 2.22. The standard InChI is InChI=1S/C17H18N2O2/c1-11(2)15-16(20)19(17(21)18-15)10-13-8-5-7-12-6-3-4-9-14(12)13/h3-9,11,15H,10H2,1-2H3,(H,18,21). The molecule has 4 heteroatoms. The highest BCUT2D eigenvalue weighted by atomic mass is 16.2. The number of benzene rings is 2. The van der Waals surface area contributed by atoms with E-state index in [0.717, 1.165) is 16.3 Å². The van der Waals surface area contributed by atoms with Gasteiger partial charge in [0.1, 0.15) is 6.04 Å². The fourth-order valence-electron chi connectivity index (χ4n) is 2.74. The van der Waals surface area contributed by atoms with E-state index in [2.05, 4.69) is 5.32 Å². The second kappa shape index (κ2) is 5.20. The normalized spacial score (nSPS) is 18.6. The minimum atomic E-state index is -0.410. The van der Waals surface area contributed by atoms with Crippen LogP contribution >= 0.6 is 0 Å². The van der Waals surface area contributed by atoms with Gasteiger partial charge in [-0.15, -0.1) is 0 Å². The third kappa shape index (κ3) is 2.37. The van der Waals surface area contributed by atoms with Gasteiger partial charge in [-0.1, -0.05) is 56.3 Å². The van der Waals surface area contributed by atoms with Gasteiger partial charge in [-0.25, -0.2) is 4.79 Å². The molecule has 0 aliphatic carbocycles. The molecule has 108 valence electrons. The molecule has 0 aromatic heterocycles. The van der Waals surface area contributed by atoms with Crippen LogP contribution in [0.25, 0.3) is 10.8 Å². The summed E-state index contributed by atoms with van der Waals surface area (Å²) in [6.07, 6.45) is 0. The molecule has 1 unspecified atom stereocenters. The molecule has 0 bridgehead atoms. The molecule has 0 radical (unpaired) electrons. The van der Waals surface area contributed by atoms with Crippen molar-refractivity contribution in [3.05, 3.63) is 48.0 Å². The SMILES string of the molecule is CC(C)C1NC(=O)N(Cc2cccc3ccccc23)C1=O. The minimum absolute atomic E-state index is 0.0963. The van der Waals surface area contributed by atoms with Gasteiger partial charge in [0.05, 0.1) is 6.54 Å². The van der Waals surface area contributed by atoms with Crippen LogP contribution in [0.3, 0.4) is 0 Å². The van der Waals surface area contributed by atoms with Gasteiger partial charge in [-0.2, -0.15) is 0 Å². The van der Waals surface area contributed by atoms with Crippen LogP contribution in [0.4, 0.5) is 4.79 Å². The van der Waals surface area contributed by atoms with Gasteiger partial charge < -0.3 is 5.32 Å². The number of nitrogens with zero attached hydrogens (tertiary/aromatic N) is 1. The Labute approximate surface area is 123 Å². The van der Waals surface area contributed by atoms with Crippen LogP contribution in [0.1, 0.15) is 19.4 Å². The molecule has 0 spiro atoms. The van der Waals surface area contributed by atoms with Crippen molar-refractivity contribution < 1.29 is 9.59 Å². The molecule has 21 heavy (non-hydrogen) atoms. The van der Waals surface area contributed by atoms with Crippen molar-refractivity contribution in [2.24, 2.45) is 5.92 Å². The Bertz CT molecular complexity index is 704. The summed E-state index contributed by atoms with van der Waals surface area (Å²) in [5.41, 5.74) is 0.987. The minimum Gasteiger partial charge on any atom is -0.326 e. The third-order valence-electron chi connectivity index (χ3n) is 3.93. The topological polar surface area (TPSA) is 49.4 Å². The first-order valence-corrected chi connectivity index (χ1v) is 7.16. The fraction of sp³-hybridized carbons (Fsp3) is 0.294. The Hall–Kier alpha value is -2.36. The van der Waals surface area contributed by atoms with Gasteiger partial charge >= 0.3 is 6.03 Å². The molecular weight excluding hydrogens is 264 g/mol. The number of fused-ring (bicyclic) bond motifs is 1. The number of urea groups is 1. The number of carbonyl (C=O) groups excluding carboxylic acids is 2. The van der Waals surface area contributed by atoms with Crippen LogP contribution in [0.5, 0.6) is 0 Å². The van der Waals surface area contributed by atoms with Crippen molar-refractivity contribution in [3.63, 3.8) is 0 Å². The van der Waals surface area contributed by atoms with Crippen LogP contribution in [-0.2, 0) is 11.3 Å². The van der Waals surface area contributed by atoms with Crippen LogP contribution in [0, 0.1) is 5.92 Å². The number of nitrogens with one attached hydrogen (secondary N) is 1. The summed E-state index contributed by atoms with van der Waals surface area (Å²) in [5, 5.41) is 4.95. The second-order valence-electron chi connectivity index (χ2n) is 5.73. The molecule has 1 aliphatic heterocycles. The predicted octanol–water partition coefficient (Wildman–Crippen LogP) is 2.92. The highest BCUT2D eigenvalue weighted by molar-refractivity contribution is 6.04. The van der Waals surface area contributed by atoms with Crippen molar-refractivity contribution in [2.75, 3.05) is 0 Å². The Morgan fingerprint density at radius 3 is 2.52 bits per heavy atom. The van der Waals surface area contributed by atoms with E-state index in [4.69, 9.17) is 0 Å². The molecular formula is C17H18N2O2. The summed E-state index contributed by atoms with van der Waals surface area (Å²) in [7, 11) is 0. The molecule has 1 heterocycles. The van der Waals surface area contributed by atoms with E-state index in [0.29, 0.717) is 6.54 Å². The molecule has 3 rings (SSSR count). The van der Waals surface area contributed by atoms with Crippen molar-refractivity contribution in [2.45, 2.75) is 26.4 Å². The van der Waals surface area contributed by atoms with Gasteiger partial charge in [0, 0.05) is 0 Å². The molecule has 1 aliphatic rings. The lowest BCUT2D eigenvalue weighted by Crippen LogP contribution is -2.34. The van der Waals surface area contributed by atoms with Crippen LogP contribution < -0.4 is 5.32 Å². The van der Waals surface area contributed by atoms with Crippen molar-refractivity contribution in [3.8, 4) is 0 Å². The number of hydrogen-bond donors (Lipinski definition) is 1. The lowest BCUT2D eigenvalue weighted by molar-refractivity contribution is -0.128. The smallest absolute Gasteiger partial charge is 0.325 e. The van der Waals surface area contributed by atoms with Gasteiger partial charge in [-0.05, 0) is 22.3 Å². The van der Waals surface area contributed by atoms with Crippen LogP contribution in [0.15, 0.2) is 42.5 Å². The van der Waals surface area contributed by atoms with E-state index in [1.165, 1.54) is 4.90 Å². The molecule has 0 saturated carbocycles. The van der Waals surface area contributed by atoms with Gasteiger partial charge in [0.2, 0.25) is 0 Å². The predicted molar refractivity (Wildman–Crippen MR) is 81.7 cm³/mol. The molecule has 3 amide bonds. The maximum atomic E-state index is 12.3. The first kappa shape index (κ1) is 13.6. The zero-order valence-electron chi connectivity index (χ0n) is 12.2. The summed E-state index contributed by atoms with van der Waals surface area (Å²) in [6, 6.07) is 13.2. The molecule has 1 fully saturated rings. The summed E-state index contributed by atoms with van der Waals surface area (Å²) < 4.78 is 0. The average molecular weight is 282 g/mol. The fourth-order valence-corrected chi connectivity index (χ4v) is 2.74. The maximum Gasteiger partial charge on any atom is 0.325 e. The third-order valence-corrected chi connectivity index (χ3v) is 3.93. The number of imide groups is 1. The van der Waals surface area contributed by atoms with E-state index in [9.17, 15) is 9.59 Å². The molecule has 1 N–H and O–H groups in total. The summed E-state index contributed by atoms with van der Waals surface area (Å²) >= 11 is 0. The first-order chi connectivity index (χ1) is 10.1. The van der Waals surface area contributed by atoms with E-state index < -0.39 is 6.04 Å². The molecule has 2 aromatic rings. The summed E-state index contributed by atoms with van der Waals surface area (Å²) in [4.78, 5) is 25.7. The zero-order chi connectivity index (χ0) is 15.0. The Balaban J connectivity index is 1.92. The Morgan fingerprint density at radius 1 is 1.10 bits per heavy atom. The quantitative estimate of drug-likeness (QED) is 0.880. The molecule has 1 atom stereocenters.